The van der Waals surface area contributed by atoms with Gasteiger partial charge >= 0.3 is 0 Å². The van der Waals surface area contributed by atoms with Gasteiger partial charge in [0.05, 0.1) is 16.3 Å². The number of benzene rings is 1. The maximum Gasteiger partial charge on any atom is 0.267 e. The average molecular weight is 430 g/mol. The Kier molecular flexibility index (Phi) is 6.35. The number of thioether (sulfide) groups is 2. The van der Waals surface area contributed by atoms with E-state index in [1.54, 1.807) is 23.4 Å². The van der Waals surface area contributed by atoms with Crippen LogP contribution in [0.3, 0.4) is 0 Å². The summed E-state index contributed by atoms with van der Waals surface area (Å²) in [6, 6.07) is 10.6. The fourth-order valence-electron chi connectivity index (χ4n) is 4.06. The van der Waals surface area contributed by atoms with Gasteiger partial charge in [0.1, 0.15) is 0 Å². The number of carbonyl (C=O) groups excluding carboxylic acids is 1. The van der Waals surface area contributed by atoms with Gasteiger partial charge in [0.2, 0.25) is 5.91 Å². The zero-order chi connectivity index (χ0) is 20.4. The second kappa shape index (κ2) is 8.96. The van der Waals surface area contributed by atoms with E-state index in [4.69, 9.17) is 0 Å². The van der Waals surface area contributed by atoms with Gasteiger partial charge in [-0.3, -0.25) is 14.2 Å². The van der Waals surface area contributed by atoms with Gasteiger partial charge in [0, 0.05) is 31.8 Å². The molecule has 154 valence electrons. The van der Waals surface area contributed by atoms with Gasteiger partial charge in [0.25, 0.3) is 5.56 Å². The standard InChI is InChI=1S/C22H27N3O2S2/c1-15-12-18-20(29-15)21(27)24(2)22(23-18)28-14-19(26)25-10-8-17(9-11-25)13-16-6-4-3-5-7-16/h3-7,15,17H,8-14H2,1-2H3. The lowest BCUT2D eigenvalue weighted by molar-refractivity contribution is -0.129. The molecule has 4 rings (SSSR count). The zero-order valence-corrected chi connectivity index (χ0v) is 18.6. The number of fused-ring (bicyclic) bond motifs is 1. The highest BCUT2D eigenvalue weighted by Crippen LogP contribution is 2.34. The predicted molar refractivity (Wildman–Crippen MR) is 119 cm³/mol. The summed E-state index contributed by atoms with van der Waals surface area (Å²) in [5, 5.41) is 1.04. The molecule has 0 radical (unpaired) electrons. The molecule has 2 aliphatic rings. The number of amides is 1. The fourth-order valence-corrected chi connectivity index (χ4v) is 6.09. The summed E-state index contributed by atoms with van der Waals surface area (Å²) in [5.41, 5.74) is 2.28. The smallest absolute Gasteiger partial charge is 0.267 e. The molecule has 5 nitrogen and oxygen atoms in total. The van der Waals surface area contributed by atoms with Crippen LogP contribution < -0.4 is 5.56 Å². The van der Waals surface area contributed by atoms with Crippen LogP contribution in [0.5, 0.6) is 0 Å². The van der Waals surface area contributed by atoms with E-state index in [2.05, 4.69) is 36.2 Å². The van der Waals surface area contributed by atoms with Crippen molar-refractivity contribution in [2.45, 2.75) is 47.9 Å². The van der Waals surface area contributed by atoms with E-state index in [0.717, 1.165) is 49.4 Å². The third-order valence-electron chi connectivity index (χ3n) is 5.74. The van der Waals surface area contributed by atoms with E-state index in [1.807, 2.05) is 11.0 Å². The van der Waals surface area contributed by atoms with E-state index >= 15 is 0 Å². The third-order valence-corrected chi connectivity index (χ3v) is 7.97. The average Bonchev–Trinajstić information content (AvgIpc) is 3.11. The highest BCUT2D eigenvalue weighted by molar-refractivity contribution is 8.00. The molecule has 2 aromatic rings. The number of nitrogens with zero attached hydrogens (tertiary/aromatic N) is 3. The number of carbonyl (C=O) groups is 1. The van der Waals surface area contributed by atoms with Crippen molar-refractivity contribution >= 4 is 29.4 Å². The number of hydrogen-bond acceptors (Lipinski definition) is 5. The number of likely N-dealkylation sites (tertiary alicyclic amines) is 1. The molecule has 0 N–H and O–H groups in total. The summed E-state index contributed by atoms with van der Waals surface area (Å²) >= 11 is 2.99. The molecular formula is C22H27N3O2S2. The van der Waals surface area contributed by atoms with Crippen LogP contribution in [0.15, 0.2) is 45.2 Å². The van der Waals surface area contributed by atoms with Crippen LogP contribution in [0.25, 0.3) is 0 Å². The van der Waals surface area contributed by atoms with Crippen LogP contribution >= 0.6 is 23.5 Å². The van der Waals surface area contributed by atoms with Crippen molar-refractivity contribution < 1.29 is 4.79 Å². The second-order valence-electron chi connectivity index (χ2n) is 7.97. The van der Waals surface area contributed by atoms with Crippen molar-refractivity contribution in [3.8, 4) is 0 Å². The van der Waals surface area contributed by atoms with Gasteiger partial charge in [-0.25, -0.2) is 4.98 Å². The molecule has 3 heterocycles. The first kappa shape index (κ1) is 20.5. The highest BCUT2D eigenvalue weighted by Gasteiger charge is 2.27. The van der Waals surface area contributed by atoms with E-state index in [9.17, 15) is 9.59 Å². The maximum atomic E-state index is 12.7. The molecule has 1 saturated heterocycles. The van der Waals surface area contributed by atoms with Crippen molar-refractivity contribution in [3.05, 3.63) is 51.9 Å². The summed E-state index contributed by atoms with van der Waals surface area (Å²) in [5.74, 6) is 1.13. The molecule has 0 saturated carbocycles. The largest absolute Gasteiger partial charge is 0.342 e. The van der Waals surface area contributed by atoms with E-state index in [0.29, 0.717) is 22.1 Å². The summed E-state index contributed by atoms with van der Waals surface area (Å²) < 4.78 is 1.59. The normalized spacial score (nSPS) is 19.4. The number of piperidine rings is 1. The zero-order valence-electron chi connectivity index (χ0n) is 17.0. The quantitative estimate of drug-likeness (QED) is 0.539. The molecule has 29 heavy (non-hydrogen) atoms. The molecule has 7 heteroatoms. The minimum atomic E-state index is 0.0148. The molecule has 0 bridgehead atoms. The molecule has 1 aromatic heterocycles. The Morgan fingerprint density at radius 2 is 1.97 bits per heavy atom. The monoisotopic (exact) mass is 429 g/mol. The van der Waals surface area contributed by atoms with Crippen LogP contribution in [-0.2, 0) is 24.7 Å². The fraction of sp³-hybridized carbons (Fsp3) is 0.500. The minimum absolute atomic E-state index is 0.0148. The molecule has 1 aromatic carbocycles. The lowest BCUT2D eigenvalue weighted by Gasteiger charge is -2.32. The highest BCUT2D eigenvalue weighted by atomic mass is 32.2. The number of hydrogen-bond donors (Lipinski definition) is 0. The Hall–Kier alpha value is -1.73. The van der Waals surface area contributed by atoms with Crippen molar-refractivity contribution in [2.24, 2.45) is 13.0 Å². The molecule has 1 fully saturated rings. The van der Waals surface area contributed by atoms with Crippen LogP contribution in [0, 0.1) is 5.92 Å². The first-order valence-electron chi connectivity index (χ1n) is 10.2. The summed E-state index contributed by atoms with van der Waals surface area (Å²) in [6.45, 7) is 3.76. The van der Waals surface area contributed by atoms with Gasteiger partial charge in [0.15, 0.2) is 5.16 Å². The van der Waals surface area contributed by atoms with Gasteiger partial charge in [-0.15, -0.1) is 11.8 Å². The van der Waals surface area contributed by atoms with Gasteiger partial charge in [-0.2, -0.15) is 0 Å². The Morgan fingerprint density at radius 3 is 2.69 bits per heavy atom. The van der Waals surface area contributed by atoms with Crippen molar-refractivity contribution in [1.82, 2.24) is 14.5 Å². The summed E-state index contributed by atoms with van der Waals surface area (Å²) in [4.78, 5) is 32.7. The molecule has 0 spiro atoms. The lowest BCUT2D eigenvalue weighted by Crippen LogP contribution is -2.40. The Labute approximate surface area is 180 Å². The topological polar surface area (TPSA) is 55.2 Å². The van der Waals surface area contributed by atoms with Crippen molar-refractivity contribution in [2.75, 3.05) is 18.8 Å². The summed E-state index contributed by atoms with van der Waals surface area (Å²) in [6.07, 6.45) is 4.02. The van der Waals surface area contributed by atoms with Gasteiger partial charge in [-0.1, -0.05) is 49.0 Å². The first-order chi connectivity index (χ1) is 14.0. The van der Waals surface area contributed by atoms with Crippen LogP contribution in [0.1, 0.15) is 31.0 Å². The predicted octanol–water partition coefficient (Wildman–Crippen LogP) is 3.39. The van der Waals surface area contributed by atoms with E-state index < -0.39 is 0 Å². The molecule has 1 unspecified atom stereocenters. The molecule has 0 aliphatic carbocycles. The van der Waals surface area contributed by atoms with Crippen LogP contribution in [0.2, 0.25) is 0 Å². The third kappa shape index (κ3) is 4.72. The lowest BCUT2D eigenvalue weighted by atomic mass is 9.90. The Morgan fingerprint density at radius 1 is 1.24 bits per heavy atom. The van der Waals surface area contributed by atoms with Crippen molar-refractivity contribution in [1.29, 1.82) is 0 Å². The SMILES string of the molecule is CC1Cc2nc(SCC(=O)N3CCC(Cc4ccccc4)CC3)n(C)c(=O)c2S1. The van der Waals surface area contributed by atoms with E-state index in [-0.39, 0.29) is 11.5 Å². The van der Waals surface area contributed by atoms with Crippen LogP contribution in [0.4, 0.5) is 0 Å². The summed E-state index contributed by atoms with van der Waals surface area (Å²) in [7, 11) is 1.75. The molecular weight excluding hydrogens is 402 g/mol. The van der Waals surface area contributed by atoms with Gasteiger partial charge < -0.3 is 4.90 Å². The Balaban J connectivity index is 1.30. The number of rotatable bonds is 5. The minimum Gasteiger partial charge on any atom is -0.342 e. The van der Waals surface area contributed by atoms with E-state index in [1.165, 1.54) is 17.3 Å². The van der Waals surface area contributed by atoms with Crippen molar-refractivity contribution in [3.63, 3.8) is 0 Å². The molecule has 1 atom stereocenters. The second-order valence-corrected chi connectivity index (χ2v) is 10.4. The molecule has 2 aliphatic heterocycles. The van der Waals surface area contributed by atoms with Gasteiger partial charge in [-0.05, 0) is 30.7 Å². The number of aromatic nitrogens is 2. The Bertz CT molecular complexity index is 937. The molecule has 1 amide bonds. The maximum absolute atomic E-state index is 12.7. The van der Waals surface area contributed by atoms with Crippen LogP contribution in [-0.4, -0.2) is 44.5 Å². The first-order valence-corrected chi connectivity index (χ1v) is 12.1.